The van der Waals surface area contributed by atoms with Crippen molar-refractivity contribution >= 4 is 61.4 Å². The number of rotatable bonds is 6. The Labute approximate surface area is 261 Å². The maximum atomic E-state index is 15.0. The van der Waals surface area contributed by atoms with Gasteiger partial charge in [0.05, 0.1) is 39.9 Å². The molecule has 47 heavy (non-hydrogen) atoms. The number of H-pyrrole nitrogens is 1. The van der Waals surface area contributed by atoms with Crippen LogP contribution < -0.4 is 11.1 Å². The first kappa shape index (κ1) is 31.0. The van der Waals surface area contributed by atoms with Crippen molar-refractivity contribution in [2.75, 3.05) is 6.67 Å². The third-order valence-electron chi connectivity index (χ3n) is 8.76. The molecule has 0 bridgehead atoms. The fraction of sp³-hybridized carbons (Fsp3) is 0.344. The normalized spacial score (nSPS) is 22.2. The highest BCUT2D eigenvalue weighted by Gasteiger charge is 2.45. The predicted molar refractivity (Wildman–Crippen MR) is 158 cm³/mol. The molecule has 10 nitrogen and oxygen atoms in total. The first-order valence-corrected chi connectivity index (χ1v) is 14.8. The van der Waals surface area contributed by atoms with Crippen molar-refractivity contribution in [2.24, 2.45) is 11.7 Å². The molecule has 0 saturated carbocycles. The van der Waals surface area contributed by atoms with E-state index in [-0.39, 0.29) is 73.5 Å². The van der Waals surface area contributed by atoms with Gasteiger partial charge in [0, 0.05) is 45.6 Å². The number of benzene rings is 3. The molecule has 1 fully saturated rings. The number of carbonyl (C=O) groups excluding carboxylic acids is 3. The molecule has 7 rings (SSSR count). The third kappa shape index (κ3) is 4.66. The van der Waals surface area contributed by atoms with Crippen LogP contribution in [0.2, 0.25) is 0 Å². The fourth-order valence-corrected chi connectivity index (χ4v) is 6.82. The Balaban J connectivity index is 1.61. The van der Waals surface area contributed by atoms with Crippen LogP contribution in [0.1, 0.15) is 53.6 Å². The first-order valence-electron chi connectivity index (χ1n) is 14.8. The zero-order valence-corrected chi connectivity index (χ0v) is 24.8. The summed E-state index contributed by atoms with van der Waals surface area (Å²) in [6.07, 6.45) is -6.11. The number of ether oxygens (including phenoxy) is 2. The molecule has 2 aromatic heterocycles. The summed E-state index contributed by atoms with van der Waals surface area (Å²) in [7, 11) is 0. The Morgan fingerprint density at radius 1 is 1.02 bits per heavy atom. The second-order valence-electron chi connectivity index (χ2n) is 12.3. The molecule has 5 aromatic rings. The summed E-state index contributed by atoms with van der Waals surface area (Å²) in [6.45, 7) is 2.57. The van der Waals surface area contributed by atoms with Crippen LogP contribution in [0.15, 0.2) is 24.3 Å². The molecule has 2 amide bonds. The summed E-state index contributed by atoms with van der Waals surface area (Å²) in [5.74, 6) is -7.84. The summed E-state index contributed by atoms with van der Waals surface area (Å²) in [5, 5.41) is 13.2. The van der Waals surface area contributed by atoms with Crippen LogP contribution in [0.25, 0.3) is 43.6 Å². The largest absolute Gasteiger partial charge is 0.454 e. The van der Waals surface area contributed by atoms with Gasteiger partial charge in [0.25, 0.3) is 11.8 Å². The lowest BCUT2D eigenvalue weighted by molar-refractivity contribution is -0.217. The number of aliphatic hydroxyl groups excluding tert-OH is 1. The molecule has 5 N–H and O–H groups in total. The van der Waals surface area contributed by atoms with Gasteiger partial charge in [-0.25, -0.2) is 22.0 Å². The molecule has 246 valence electrons. The molecular formula is C32H27F5N4O6. The van der Waals surface area contributed by atoms with Crippen LogP contribution in [0.4, 0.5) is 22.0 Å². The molecule has 5 atom stereocenters. The SMILES string of the molecule is CC(C)C[C@@H](N)C(=O)O[C@H]1[C@H](n2c3cc(F)c(F)cc3c3c4c(c5c6cc(F)c(F)cc6[nH]c5c32)C(=O)NC4=O)O[C@H](CF)C[C@@H]1O. The molecule has 2 aliphatic rings. The number of amides is 2. The molecule has 0 aliphatic carbocycles. The zero-order valence-electron chi connectivity index (χ0n) is 24.8. The lowest BCUT2D eigenvalue weighted by atomic mass is 9.96. The van der Waals surface area contributed by atoms with Gasteiger partial charge in [-0.05, 0) is 24.5 Å². The Hall–Kier alpha value is -4.60. The van der Waals surface area contributed by atoms with Crippen LogP contribution in [-0.2, 0) is 14.3 Å². The molecule has 0 radical (unpaired) electrons. The Bertz CT molecular complexity index is 2180. The number of nitrogens with one attached hydrogen (secondary N) is 2. The van der Waals surface area contributed by atoms with Gasteiger partial charge in [-0.2, -0.15) is 0 Å². The number of aromatic amines is 1. The van der Waals surface area contributed by atoms with E-state index in [0.717, 1.165) is 24.3 Å². The molecule has 3 aromatic carbocycles. The zero-order chi connectivity index (χ0) is 33.6. The lowest BCUT2D eigenvalue weighted by Gasteiger charge is -2.40. The van der Waals surface area contributed by atoms with Gasteiger partial charge in [0.2, 0.25) is 0 Å². The minimum absolute atomic E-state index is 0.00350. The molecular weight excluding hydrogens is 631 g/mol. The number of hydrogen-bond acceptors (Lipinski definition) is 7. The predicted octanol–water partition coefficient (Wildman–Crippen LogP) is 4.77. The van der Waals surface area contributed by atoms with Gasteiger partial charge in [-0.1, -0.05) is 13.8 Å². The molecule has 0 unspecified atom stereocenters. The quantitative estimate of drug-likeness (QED) is 0.117. The van der Waals surface area contributed by atoms with Crippen molar-refractivity contribution in [3.05, 3.63) is 58.7 Å². The average molecular weight is 659 g/mol. The summed E-state index contributed by atoms with van der Waals surface area (Å²) < 4.78 is 86.0. The first-order chi connectivity index (χ1) is 22.3. The second kappa shape index (κ2) is 11.0. The van der Waals surface area contributed by atoms with Gasteiger partial charge in [-0.15, -0.1) is 0 Å². The van der Waals surface area contributed by atoms with E-state index in [2.05, 4.69) is 10.3 Å². The van der Waals surface area contributed by atoms with Crippen molar-refractivity contribution in [1.29, 1.82) is 0 Å². The third-order valence-corrected chi connectivity index (χ3v) is 8.76. The molecule has 15 heteroatoms. The Kier molecular flexibility index (Phi) is 7.26. The highest BCUT2D eigenvalue weighted by Crippen LogP contribution is 2.47. The molecule has 2 aliphatic heterocycles. The fourth-order valence-electron chi connectivity index (χ4n) is 6.82. The van der Waals surface area contributed by atoms with Gasteiger partial charge >= 0.3 is 5.97 Å². The Morgan fingerprint density at radius 3 is 2.30 bits per heavy atom. The van der Waals surface area contributed by atoms with Crippen LogP contribution in [0.5, 0.6) is 0 Å². The number of nitrogens with two attached hydrogens (primary N) is 1. The Morgan fingerprint density at radius 2 is 1.64 bits per heavy atom. The maximum Gasteiger partial charge on any atom is 0.323 e. The monoisotopic (exact) mass is 658 g/mol. The van der Waals surface area contributed by atoms with E-state index in [1.807, 2.05) is 13.8 Å². The number of esters is 1. The van der Waals surface area contributed by atoms with Gasteiger partial charge in [0.15, 0.2) is 35.6 Å². The summed E-state index contributed by atoms with van der Waals surface area (Å²) in [5.41, 5.74) is 5.32. The number of aromatic nitrogens is 2. The van der Waals surface area contributed by atoms with E-state index in [1.165, 1.54) is 4.57 Å². The van der Waals surface area contributed by atoms with E-state index >= 15 is 0 Å². The van der Waals surface area contributed by atoms with Crippen LogP contribution in [-0.4, -0.2) is 63.5 Å². The number of halogens is 5. The molecule has 4 heterocycles. The topological polar surface area (TPSA) is 149 Å². The summed E-state index contributed by atoms with van der Waals surface area (Å²) in [6, 6.07) is 2.12. The van der Waals surface area contributed by atoms with E-state index in [0.29, 0.717) is 0 Å². The number of carbonyl (C=O) groups is 3. The van der Waals surface area contributed by atoms with Crippen LogP contribution in [0.3, 0.4) is 0 Å². The van der Waals surface area contributed by atoms with Crippen molar-refractivity contribution < 1.29 is 50.9 Å². The average Bonchev–Trinajstić information content (AvgIpc) is 3.62. The second-order valence-corrected chi connectivity index (χ2v) is 12.3. The number of imide groups is 1. The maximum absolute atomic E-state index is 15.0. The summed E-state index contributed by atoms with van der Waals surface area (Å²) >= 11 is 0. The molecule has 0 spiro atoms. The van der Waals surface area contributed by atoms with Crippen molar-refractivity contribution in [3.8, 4) is 0 Å². The number of alkyl halides is 1. The van der Waals surface area contributed by atoms with Gasteiger partial charge < -0.3 is 29.9 Å². The van der Waals surface area contributed by atoms with Crippen LogP contribution >= 0.6 is 0 Å². The van der Waals surface area contributed by atoms with Crippen molar-refractivity contribution in [2.45, 2.75) is 57.3 Å². The van der Waals surface area contributed by atoms with E-state index in [4.69, 9.17) is 15.2 Å². The van der Waals surface area contributed by atoms with E-state index < -0.39 is 78.3 Å². The van der Waals surface area contributed by atoms with E-state index in [1.54, 1.807) is 0 Å². The number of hydrogen-bond donors (Lipinski definition) is 4. The summed E-state index contributed by atoms with van der Waals surface area (Å²) in [4.78, 5) is 42.6. The molecule has 1 saturated heterocycles. The lowest BCUT2D eigenvalue weighted by Crippen LogP contribution is -2.50. The van der Waals surface area contributed by atoms with E-state index in [9.17, 15) is 41.4 Å². The smallest absolute Gasteiger partial charge is 0.323 e. The highest BCUT2D eigenvalue weighted by molar-refractivity contribution is 6.39. The number of aliphatic hydroxyl groups is 1. The van der Waals surface area contributed by atoms with Crippen molar-refractivity contribution in [3.63, 3.8) is 0 Å². The number of nitrogens with zero attached hydrogens (tertiary/aromatic N) is 1. The standard InChI is InChI=1S/C32H27F5N4O6/c1-10(2)3-18(38)32(45)47-28-21(42)4-11(9-33)46-31(28)41-20-8-17(37)15(35)6-13(20)23-25-24(29(43)40-30(25)44)22-12-5-14(34)16(36)7-19(12)39-26(22)27(23)41/h5-8,10-11,18,21,28,31,39,42H,3-4,9,38H2,1-2H3,(H,40,43,44)/t11-,18+,21-,28+,31+/m0/s1. The van der Waals surface area contributed by atoms with Crippen molar-refractivity contribution in [1.82, 2.24) is 14.9 Å². The minimum Gasteiger partial charge on any atom is -0.454 e. The highest BCUT2D eigenvalue weighted by atomic mass is 19.2. The van der Waals surface area contributed by atoms with Gasteiger partial charge in [0.1, 0.15) is 12.7 Å². The van der Waals surface area contributed by atoms with Crippen LogP contribution in [0, 0.1) is 29.2 Å². The minimum atomic E-state index is -1.64. The number of fused-ring (bicyclic) bond motifs is 10. The van der Waals surface area contributed by atoms with Gasteiger partial charge in [-0.3, -0.25) is 19.7 Å².